The van der Waals surface area contributed by atoms with Gasteiger partial charge in [-0.25, -0.2) is 0 Å². The number of hydrogen-bond acceptors (Lipinski definition) is 3. The van der Waals surface area contributed by atoms with Crippen molar-refractivity contribution in [2.75, 3.05) is 19.0 Å². The second-order valence-corrected chi connectivity index (χ2v) is 4.76. The molecule has 0 aromatic heterocycles. The van der Waals surface area contributed by atoms with Crippen LogP contribution in [0.2, 0.25) is 0 Å². The average Bonchev–Trinajstić information content (AvgIpc) is 2.22. The molecule has 0 radical (unpaired) electrons. The van der Waals surface area contributed by atoms with Gasteiger partial charge in [0.05, 0.1) is 6.61 Å². The monoisotopic (exact) mass is 334 g/mol. The summed E-state index contributed by atoms with van der Waals surface area (Å²) in [5.41, 5.74) is 7.42. The Bertz CT molecular complexity index is 382. The lowest BCUT2D eigenvalue weighted by Crippen LogP contribution is -2.39. The van der Waals surface area contributed by atoms with Crippen LogP contribution in [0.3, 0.4) is 0 Å². The van der Waals surface area contributed by atoms with E-state index in [2.05, 4.69) is 27.9 Å². The van der Waals surface area contributed by atoms with E-state index in [1.54, 1.807) is 0 Å². The lowest BCUT2D eigenvalue weighted by atomic mass is 10.2. The number of carbonyl (C=O) groups excluding carboxylic acids is 1. The number of hydrogen-bond donors (Lipinski definition) is 2. The molecule has 0 saturated carbocycles. The molecule has 4 nitrogen and oxygen atoms in total. The molecule has 0 fully saturated rings. The molecule has 1 unspecified atom stereocenters. The SMILES string of the molecule is COCC(N)C(=O)Nc1ccc(I)cc1C. The van der Waals surface area contributed by atoms with Crippen molar-refractivity contribution in [1.29, 1.82) is 0 Å². The minimum Gasteiger partial charge on any atom is -0.383 e. The van der Waals surface area contributed by atoms with Gasteiger partial charge in [-0.15, -0.1) is 0 Å². The van der Waals surface area contributed by atoms with Crippen molar-refractivity contribution in [1.82, 2.24) is 0 Å². The van der Waals surface area contributed by atoms with E-state index in [0.717, 1.165) is 14.8 Å². The summed E-state index contributed by atoms with van der Waals surface area (Å²) >= 11 is 2.23. The number of ether oxygens (including phenoxy) is 1. The van der Waals surface area contributed by atoms with Gasteiger partial charge in [-0.05, 0) is 53.3 Å². The first-order valence-corrected chi connectivity index (χ1v) is 5.94. The number of aryl methyl sites for hydroxylation is 1. The number of methoxy groups -OCH3 is 1. The summed E-state index contributed by atoms with van der Waals surface area (Å²) in [4.78, 5) is 11.6. The summed E-state index contributed by atoms with van der Waals surface area (Å²) in [6.45, 7) is 2.16. The van der Waals surface area contributed by atoms with Crippen LogP contribution in [-0.4, -0.2) is 25.7 Å². The quantitative estimate of drug-likeness (QED) is 0.821. The zero-order valence-corrected chi connectivity index (χ0v) is 11.4. The fourth-order valence-corrected chi connectivity index (χ4v) is 1.89. The largest absolute Gasteiger partial charge is 0.383 e. The number of nitrogens with two attached hydrogens (primary N) is 1. The number of halogens is 1. The molecule has 0 bridgehead atoms. The predicted molar refractivity (Wildman–Crippen MR) is 72.4 cm³/mol. The van der Waals surface area contributed by atoms with Crippen molar-refractivity contribution < 1.29 is 9.53 Å². The molecular weight excluding hydrogens is 319 g/mol. The van der Waals surface area contributed by atoms with Gasteiger partial charge in [-0.2, -0.15) is 0 Å². The Morgan fingerprint density at radius 1 is 1.62 bits per heavy atom. The lowest BCUT2D eigenvalue weighted by Gasteiger charge is -2.13. The molecule has 0 spiro atoms. The Morgan fingerprint density at radius 3 is 2.88 bits per heavy atom. The Balaban J connectivity index is 2.69. The van der Waals surface area contributed by atoms with Crippen molar-refractivity contribution >= 4 is 34.2 Å². The second-order valence-electron chi connectivity index (χ2n) is 3.51. The summed E-state index contributed by atoms with van der Waals surface area (Å²) < 4.78 is 5.96. The summed E-state index contributed by atoms with van der Waals surface area (Å²) in [5, 5.41) is 2.77. The molecule has 0 aliphatic heterocycles. The lowest BCUT2D eigenvalue weighted by molar-refractivity contribution is -0.118. The molecular formula is C11H15IN2O2. The van der Waals surface area contributed by atoms with Gasteiger partial charge in [0.1, 0.15) is 6.04 Å². The Hall–Kier alpha value is -0.660. The molecule has 1 atom stereocenters. The van der Waals surface area contributed by atoms with Gasteiger partial charge in [0.25, 0.3) is 0 Å². The van der Waals surface area contributed by atoms with Crippen LogP contribution in [0.5, 0.6) is 0 Å². The molecule has 1 aromatic carbocycles. The summed E-state index contributed by atoms with van der Waals surface area (Å²) in [5.74, 6) is -0.230. The van der Waals surface area contributed by atoms with Crippen molar-refractivity contribution in [2.24, 2.45) is 5.73 Å². The maximum atomic E-state index is 11.6. The third kappa shape index (κ3) is 3.73. The van der Waals surface area contributed by atoms with E-state index in [9.17, 15) is 4.79 Å². The van der Waals surface area contributed by atoms with Crippen LogP contribution >= 0.6 is 22.6 Å². The first-order valence-electron chi connectivity index (χ1n) is 4.86. The zero-order chi connectivity index (χ0) is 12.1. The van der Waals surface area contributed by atoms with Crippen molar-refractivity contribution in [3.8, 4) is 0 Å². The highest BCUT2D eigenvalue weighted by molar-refractivity contribution is 14.1. The predicted octanol–water partition coefficient (Wildman–Crippen LogP) is 1.51. The fraction of sp³-hybridized carbons (Fsp3) is 0.364. The van der Waals surface area contributed by atoms with Gasteiger partial charge in [0, 0.05) is 16.4 Å². The van der Waals surface area contributed by atoms with Crippen LogP contribution in [-0.2, 0) is 9.53 Å². The van der Waals surface area contributed by atoms with Gasteiger partial charge in [0.15, 0.2) is 0 Å². The Labute approximate surface area is 109 Å². The molecule has 1 amide bonds. The summed E-state index contributed by atoms with van der Waals surface area (Å²) in [7, 11) is 1.52. The number of rotatable bonds is 4. The number of benzene rings is 1. The Morgan fingerprint density at radius 2 is 2.31 bits per heavy atom. The van der Waals surface area contributed by atoms with E-state index < -0.39 is 6.04 Å². The maximum absolute atomic E-state index is 11.6. The van der Waals surface area contributed by atoms with Crippen LogP contribution < -0.4 is 11.1 Å². The number of nitrogens with one attached hydrogen (secondary N) is 1. The summed E-state index contributed by atoms with van der Waals surface area (Å²) in [6, 6.07) is 5.17. The minimum absolute atomic E-state index is 0.218. The third-order valence-electron chi connectivity index (χ3n) is 2.13. The van der Waals surface area contributed by atoms with Crippen LogP contribution in [0.4, 0.5) is 5.69 Å². The minimum atomic E-state index is -0.635. The molecule has 88 valence electrons. The van der Waals surface area contributed by atoms with Crippen LogP contribution in [0.1, 0.15) is 5.56 Å². The number of amides is 1. The summed E-state index contributed by atoms with van der Waals surface area (Å²) in [6.07, 6.45) is 0. The molecule has 1 rings (SSSR count). The molecule has 0 aliphatic carbocycles. The van der Waals surface area contributed by atoms with E-state index in [4.69, 9.17) is 10.5 Å². The van der Waals surface area contributed by atoms with Crippen molar-refractivity contribution in [2.45, 2.75) is 13.0 Å². The van der Waals surface area contributed by atoms with E-state index >= 15 is 0 Å². The van der Waals surface area contributed by atoms with Crippen LogP contribution in [0.25, 0.3) is 0 Å². The molecule has 5 heteroatoms. The average molecular weight is 334 g/mol. The molecule has 16 heavy (non-hydrogen) atoms. The molecule has 1 aromatic rings. The first kappa shape index (κ1) is 13.4. The first-order chi connectivity index (χ1) is 7.54. The van der Waals surface area contributed by atoms with Gasteiger partial charge >= 0.3 is 0 Å². The smallest absolute Gasteiger partial charge is 0.243 e. The highest BCUT2D eigenvalue weighted by Crippen LogP contribution is 2.17. The van der Waals surface area contributed by atoms with Gasteiger partial charge in [-0.3, -0.25) is 4.79 Å². The zero-order valence-electron chi connectivity index (χ0n) is 9.29. The van der Waals surface area contributed by atoms with Crippen molar-refractivity contribution in [3.63, 3.8) is 0 Å². The number of carbonyl (C=O) groups is 1. The second kappa shape index (κ2) is 6.17. The highest BCUT2D eigenvalue weighted by atomic mass is 127. The molecule has 0 heterocycles. The van der Waals surface area contributed by atoms with Gasteiger partial charge in [-0.1, -0.05) is 0 Å². The third-order valence-corrected chi connectivity index (χ3v) is 2.80. The van der Waals surface area contributed by atoms with E-state index in [1.807, 2.05) is 25.1 Å². The normalized spacial score (nSPS) is 12.2. The van der Waals surface area contributed by atoms with Gasteiger partial charge in [0.2, 0.25) is 5.91 Å². The molecule has 0 saturated heterocycles. The van der Waals surface area contributed by atoms with Crippen LogP contribution in [0, 0.1) is 10.5 Å². The van der Waals surface area contributed by atoms with Crippen molar-refractivity contribution in [3.05, 3.63) is 27.3 Å². The van der Waals surface area contributed by atoms with E-state index in [-0.39, 0.29) is 12.5 Å². The van der Waals surface area contributed by atoms with Gasteiger partial charge < -0.3 is 15.8 Å². The molecule has 0 aliphatic rings. The standard InChI is InChI=1S/C11H15IN2O2/c1-7-5-8(12)3-4-10(7)14-11(15)9(13)6-16-2/h3-5,9H,6,13H2,1-2H3,(H,14,15). The topological polar surface area (TPSA) is 64.3 Å². The maximum Gasteiger partial charge on any atom is 0.243 e. The van der Waals surface area contributed by atoms with E-state index in [0.29, 0.717) is 0 Å². The Kier molecular flexibility index (Phi) is 5.17. The fourth-order valence-electron chi connectivity index (χ4n) is 1.25. The number of anilines is 1. The molecule has 3 N–H and O–H groups in total. The van der Waals surface area contributed by atoms with E-state index in [1.165, 1.54) is 7.11 Å². The van der Waals surface area contributed by atoms with Crippen LogP contribution in [0.15, 0.2) is 18.2 Å². The highest BCUT2D eigenvalue weighted by Gasteiger charge is 2.13.